The van der Waals surface area contributed by atoms with Crippen LogP contribution in [0.15, 0.2) is 4.99 Å². The van der Waals surface area contributed by atoms with Crippen LogP contribution in [0.3, 0.4) is 0 Å². The van der Waals surface area contributed by atoms with Crippen molar-refractivity contribution < 1.29 is 14.0 Å². The van der Waals surface area contributed by atoms with Gasteiger partial charge in [-0.15, -0.1) is 0 Å². The number of nitrogens with zero attached hydrogens (tertiary/aromatic N) is 4. The van der Waals surface area contributed by atoms with Gasteiger partial charge in [-0.3, -0.25) is 15.1 Å². The van der Waals surface area contributed by atoms with Crippen molar-refractivity contribution in [2.24, 2.45) is 10.7 Å². The quantitative estimate of drug-likeness (QED) is 0.179. The van der Waals surface area contributed by atoms with Gasteiger partial charge in [0.15, 0.2) is 28.4 Å². The number of unbranched alkanes of at least 4 members (excludes halogenated alkanes) is 3. The van der Waals surface area contributed by atoms with Crippen molar-refractivity contribution in [1.82, 2.24) is 15.3 Å². The molecule has 1 heterocycles. The normalized spacial score (nSPS) is 12.2. The van der Waals surface area contributed by atoms with Gasteiger partial charge in [0, 0.05) is 13.2 Å². The van der Waals surface area contributed by atoms with Crippen LogP contribution < -0.4 is 22.5 Å². The molecule has 10 nitrogen and oxygen atoms in total. The lowest BCUT2D eigenvalue weighted by molar-refractivity contribution is -0.870. The van der Waals surface area contributed by atoms with Crippen molar-refractivity contribution in [3.8, 4) is 0 Å². The van der Waals surface area contributed by atoms with Gasteiger partial charge in [-0.1, -0.05) is 24.4 Å². The van der Waals surface area contributed by atoms with E-state index < -0.39 is 5.91 Å². The fourth-order valence-corrected chi connectivity index (χ4v) is 2.26. The van der Waals surface area contributed by atoms with E-state index in [0.717, 1.165) is 49.9 Å². The molecule has 0 bridgehead atoms. The van der Waals surface area contributed by atoms with Gasteiger partial charge in [0.1, 0.15) is 6.54 Å². The van der Waals surface area contributed by atoms with Crippen LogP contribution in [-0.2, 0) is 4.74 Å². The van der Waals surface area contributed by atoms with Crippen LogP contribution in [-0.4, -0.2) is 73.8 Å². The molecular formula is C17H32ClN8O2+. The van der Waals surface area contributed by atoms with E-state index in [2.05, 4.69) is 41.4 Å². The Labute approximate surface area is 171 Å². The van der Waals surface area contributed by atoms with Crippen LogP contribution in [0.1, 0.15) is 36.2 Å². The summed E-state index contributed by atoms with van der Waals surface area (Å²) >= 11 is 5.75. The predicted octanol–water partition coefficient (Wildman–Crippen LogP) is 0.622. The number of nitrogens with two attached hydrogens (primary N) is 3. The van der Waals surface area contributed by atoms with Gasteiger partial charge >= 0.3 is 0 Å². The largest absolute Gasteiger partial charge is 0.382 e. The Bertz CT molecular complexity index is 676. The second kappa shape index (κ2) is 11.6. The summed E-state index contributed by atoms with van der Waals surface area (Å²) in [5.41, 5.74) is 16.7. The van der Waals surface area contributed by atoms with E-state index in [1.807, 2.05) is 0 Å². The SMILES string of the molecule is C[N+](C)(C)CCOCCCCCCN=C(N)NC(=O)c1nc(Cl)c(N)nc1N. The maximum atomic E-state index is 12.1. The van der Waals surface area contributed by atoms with E-state index in [1.54, 1.807) is 0 Å². The Morgan fingerprint density at radius 3 is 2.46 bits per heavy atom. The summed E-state index contributed by atoms with van der Waals surface area (Å²) in [6.07, 6.45) is 3.95. The van der Waals surface area contributed by atoms with Crippen LogP contribution in [0.25, 0.3) is 0 Å². The number of halogens is 1. The first-order valence-electron chi connectivity index (χ1n) is 9.18. The first-order chi connectivity index (χ1) is 13.1. The lowest BCUT2D eigenvalue weighted by atomic mass is 10.2. The smallest absolute Gasteiger partial charge is 0.280 e. The Hall–Kier alpha value is -2.17. The molecule has 0 aliphatic carbocycles. The zero-order valence-electron chi connectivity index (χ0n) is 16.9. The summed E-state index contributed by atoms with van der Waals surface area (Å²) in [5, 5.41) is 2.31. The van der Waals surface area contributed by atoms with Crippen LogP contribution >= 0.6 is 11.6 Å². The number of hydrogen-bond donors (Lipinski definition) is 4. The van der Waals surface area contributed by atoms with E-state index in [0.29, 0.717) is 6.54 Å². The second-order valence-electron chi connectivity index (χ2n) is 7.40. The molecule has 0 saturated heterocycles. The van der Waals surface area contributed by atoms with Crippen LogP contribution in [0.5, 0.6) is 0 Å². The number of rotatable bonds is 11. The molecule has 0 aliphatic heterocycles. The number of guanidine groups is 1. The van der Waals surface area contributed by atoms with Crippen molar-refractivity contribution in [3.63, 3.8) is 0 Å². The number of ether oxygens (including phenoxy) is 1. The first-order valence-corrected chi connectivity index (χ1v) is 9.56. The molecule has 1 amide bonds. The molecule has 1 aromatic rings. The average Bonchev–Trinajstić information content (AvgIpc) is 2.58. The molecule has 0 unspecified atom stereocenters. The number of hydrogen-bond acceptors (Lipinski definition) is 7. The van der Waals surface area contributed by atoms with Crippen LogP contribution in [0, 0.1) is 0 Å². The number of anilines is 2. The molecule has 0 fully saturated rings. The highest BCUT2D eigenvalue weighted by Crippen LogP contribution is 2.17. The molecule has 0 aromatic carbocycles. The van der Waals surface area contributed by atoms with E-state index in [1.165, 1.54) is 0 Å². The molecule has 0 radical (unpaired) electrons. The average molecular weight is 416 g/mol. The molecular weight excluding hydrogens is 384 g/mol. The van der Waals surface area contributed by atoms with Gasteiger partial charge in [-0.05, 0) is 12.8 Å². The van der Waals surface area contributed by atoms with Crippen molar-refractivity contribution in [2.45, 2.75) is 25.7 Å². The third-order valence-corrected chi connectivity index (χ3v) is 4.03. The van der Waals surface area contributed by atoms with Gasteiger partial charge in [-0.25, -0.2) is 9.97 Å². The molecule has 11 heteroatoms. The molecule has 0 atom stereocenters. The van der Waals surface area contributed by atoms with E-state index in [-0.39, 0.29) is 28.4 Å². The molecule has 7 N–H and O–H groups in total. The van der Waals surface area contributed by atoms with Gasteiger partial charge < -0.3 is 26.4 Å². The minimum atomic E-state index is -0.640. The first kappa shape index (κ1) is 23.9. The highest BCUT2D eigenvalue weighted by atomic mass is 35.5. The second-order valence-corrected chi connectivity index (χ2v) is 7.75. The van der Waals surface area contributed by atoms with Gasteiger partial charge in [-0.2, -0.15) is 0 Å². The number of aromatic nitrogens is 2. The minimum Gasteiger partial charge on any atom is -0.382 e. The van der Waals surface area contributed by atoms with Gasteiger partial charge in [0.2, 0.25) is 0 Å². The lowest BCUT2D eigenvalue weighted by Crippen LogP contribution is -2.38. The summed E-state index contributed by atoms with van der Waals surface area (Å²) < 4.78 is 6.52. The number of aliphatic imine (C=N–C) groups is 1. The Kier molecular flexibility index (Phi) is 9.91. The third-order valence-electron chi connectivity index (χ3n) is 3.75. The molecule has 28 heavy (non-hydrogen) atoms. The highest BCUT2D eigenvalue weighted by Gasteiger charge is 2.16. The van der Waals surface area contributed by atoms with Crippen LogP contribution in [0.4, 0.5) is 11.6 Å². The maximum absolute atomic E-state index is 12.1. The van der Waals surface area contributed by atoms with E-state index in [9.17, 15) is 4.79 Å². The summed E-state index contributed by atoms with van der Waals surface area (Å²) in [6, 6.07) is 0. The minimum absolute atomic E-state index is 0.0113. The lowest BCUT2D eigenvalue weighted by Gasteiger charge is -2.23. The summed E-state index contributed by atoms with van der Waals surface area (Å²) in [6.45, 7) is 3.06. The summed E-state index contributed by atoms with van der Waals surface area (Å²) in [7, 11) is 6.43. The van der Waals surface area contributed by atoms with Crippen molar-refractivity contribution in [3.05, 3.63) is 10.8 Å². The highest BCUT2D eigenvalue weighted by molar-refractivity contribution is 6.31. The number of carbonyl (C=O) groups excluding carboxylic acids is 1. The molecule has 1 aromatic heterocycles. The predicted molar refractivity (Wildman–Crippen MR) is 112 cm³/mol. The number of carbonyl (C=O) groups is 1. The number of nitrogens with one attached hydrogen (secondary N) is 1. The zero-order valence-corrected chi connectivity index (χ0v) is 17.6. The van der Waals surface area contributed by atoms with Gasteiger partial charge in [0.05, 0.1) is 27.7 Å². The number of quaternary nitrogens is 1. The molecule has 0 aliphatic rings. The van der Waals surface area contributed by atoms with E-state index >= 15 is 0 Å². The zero-order chi connectivity index (χ0) is 21.2. The number of nitrogen functional groups attached to an aromatic ring is 2. The Morgan fingerprint density at radius 1 is 1.11 bits per heavy atom. The van der Waals surface area contributed by atoms with Crippen molar-refractivity contribution in [2.75, 3.05) is 58.9 Å². The molecule has 158 valence electrons. The van der Waals surface area contributed by atoms with Gasteiger partial charge in [0.25, 0.3) is 5.91 Å². The summed E-state index contributed by atoms with van der Waals surface area (Å²) in [5.74, 6) is -0.825. The summed E-state index contributed by atoms with van der Waals surface area (Å²) in [4.78, 5) is 23.8. The van der Waals surface area contributed by atoms with Crippen molar-refractivity contribution >= 4 is 35.1 Å². The molecule has 0 saturated carbocycles. The fraction of sp³-hybridized carbons (Fsp3) is 0.647. The monoisotopic (exact) mass is 415 g/mol. The van der Waals surface area contributed by atoms with E-state index in [4.69, 9.17) is 33.5 Å². The molecule has 0 spiro atoms. The Morgan fingerprint density at radius 2 is 1.79 bits per heavy atom. The standard InChI is InChI=1S/C17H31ClN8O2/c1-26(2,3)9-11-28-10-7-5-4-6-8-22-17(21)25-16(27)12-14(19)24-15(20)13(18)23-12/h4-11H2,1-3H3,(H6-,19,20,21,22,24,25,27)/p+1. The van der Waals surface area contributed by atoms with Crippen molar-refractivity contribution in [1.29, 1.82) is 0 Å². The third kappa shape index (κ3) is 9.67. The maximum Gasteiger partial charge on any atom is 0.280 e. The number of likely N-dealkylation sites (N-methyl/N-ethyl adjacent to an activating group) is 1. The number of amides is 1. The molecule has 1 rings (SSSR count). The Balaban J connectivity index is 2.20. The van der Waals surface area contributed by atoms with Crippen LogP contribution in [0.2, 0.25) is 5.15 Å². The topological polar surface area (TPSA) is 155 Å². The fourth-order valence-electron chi connectivity index (χ4n) is 2.13.